The molecule has 1 rings (SSSR count). The maximum absolute atomic E-state index is 11.7. The van der Waals surface area contributed by atoms with Crippen molar-refractivity contribution in [1.82, 2.24) is 10.0 Å². The van der Waals surface area contributed by atoms with Crippen molar-refractivity contribution in [2.45, 2.75) is 25.8 Å². The van der Waals surface area contributed by atoms with Gasteiger partial charge in [0.05, 0.1) is 5.75 Å². The SMILES string of the molecule is CCS(=O)(=O)NCCCNC(=O)CC(N)c1ccccc1.Cl. The Balaban J connectivity index is 0.00000441. The number of benzene rings is 1. The van der Waals surface area contributed by atoms with Gasteiger partial charge in [-0.3, -0.25) is 4.79 Å². The number of hydrogen-bond acceptors (Lipinski definition) is 4. The van der Waals surface area contributed by atoms with Gasteiger partial charge in [-0.05, 0) is 18.9 Å². The van der Waals surface area contributed by atoms with Crippen LogP contribution in [0.2, 0.25) is 0 Å². The lowest BCUT2D eigenvalue weighted by Gasteiger charge is -2.12. The summed E-state index contributed by atoms with van der Waals surface area (Å²) >= 11 is 0. The zero-order valence-electron chi connectivity index (χ0n) is 12.6. The predicted molar refractivity (Wildman–Crippen MR) is 90.3 cm³/mol. The van der Waals surface area contributed by atoms with E-state index in [9.17, 15) is 13.2 Å². The molecule has 1 amide bonds. The molecule has 6 nitrogen and oxygen atoms in total. The Kier molecular flexibility index (Phi) is 10.0. The number of carbonyl (C=O) groups excluding carboxylic acids is 1. The Morgan fingerprint density at radius 3 is 2.45 bits per heavy atom. The second-order valence-electron chi connectivity index (χ2n) is 4.72. The topological polar surface area (TPSA) is 101 Å². The molecule has 1 aromatic rings. The van der Waals surface area contributed by atoms with Crippen molar-refractivity contribution in [3.8, 4) is 0 Å². The van der Waals surface area contributed by atoms with Crippen LogP contribution in [-0.4, -0.2) is 33.2 Å². The molecule has 1 atom stereocenters. The Morgan fingerprint density at radius 1 is 1.23 bits per heavy atom. The number of nitrogens with one attached hydrogen (secondary N) is 2. The molecule has 4 N–H and O–H groups in total. The van der Waals surface area contributed by atoms with Crippen LogP contribution in [0.4, 0.5) is 0 Å². The van der Waals surface area contributed by atoms with Crippen molar-refractivity contribution in [2.24, 2.45) is 5.73 Å². The second kappa shape index (κ2) is 10.6. The van der Waals surface area contributed by atoms with E-state index < -0.39 is 10.0 Å². The molecule has 0 aliphatic heterocycles. The molecule has 126 valence electrons. The summed E-state index contributed by atoms with van der Waals surface area (Å²) < 4.78 is 24.8. The molecular weight excluding hydrogens is 326 g/mol. The average molecular weight is 350 g/mol. The molecule has 0 aromatic heterocycles. The summed E-state index contributed by atoms with van der Waals surface area (Å²) in [7, 11) is -3.16. The highest BCUT2D eigenvalue weighted by Crippen LogP contribution is 2.12. The van der Waals surface area contributed by atoms with Gasteiger partial charge >= 0.3 is 0 Å². The summed E-state index contributed by atoms with van der Waals surface area (Å²) in [5.41, 5.74) is 6.87. The van der Waals surface area contributed by atoms with Crippen molar-refractivity contribution in [3.05, 3.63) is 35.9 Å². The van der Waals surface area contributed by atoms with Crippen LogP contribution < -0.4 is 15.8 Å². The van der Waals surface area contributed by atoms with Gasteiger partial charge in [-0.15, -0.1) is 12.4 Å². The molecule has 1 unspecified atom stereocenters. The first-order valence-electron chi connectivity index (χ1n) is 6.99. The van der Waals surface area contributed by atoms with Crippen LogP contribution >= 0.6 is 12.4 Å². The third-order valence-corrected chi connectivity index (χ3v) is 4.41. The van der Waals surface area contributed by atoms with Gasteiger partial charge in [0.25, 0.3) is 0 Å². The van der Waals surface area contributed by atoms with E-state index >= 15 is 0 Å². The number of carbonyl (C=O) groups is 1. The van der Waals surface area contributed by atoms with Gasteiger partial charge in [-0.2, -0.15) is 0 Å². The van der Waals surface area contributed by atoms with Crippen LogP contribution in [0.5, 0.6) is 0 Å². The summed E-state index contributed by atoms with van der Waals surface area (Å²) in [6, 6.07) is 9.10. The first-order valence-corrected chi connectivity index (χ1v) is 8.64. The summed E-state index contributed by atoms with van der Waals surface area (Å²) in [6.45, 7) is 2.32. The van der Waals surface area contributed by atoms with Crippen molar-refractivity contribution in [3.63, 3.8) is 0 Å². The minimum atomic E-state index is -3.16. The zero-order valence-corrected chi connectivity index (χ0v) is 14.3. The van der Waals surface area contributed by atoms with E-state index in [2.05, 4.69) is 10.0 Å². The van der Waals surface area contributed by atoms with Crippen LogP contribution in [0, 0.1) is 0 Å². The predicted octanol–water partition coefficient (Wildman–Crippen LogP) is 0.944. The van der Waals surface area contributed by atoms with Gasteiger partial charge in [0.15, 0.2) is 0 Å². The molecule has 0 saturated heterocycles. The number of hydrogen-bond donors (Lipinski definition) is 3. The van der Waals surface area contributed by atoms with Crippen molar-refractivity contribution in [2.75, 3.05) is 18.8 Å². The Hall–Kier alpha value is -1.15. The van der Waals surface area contributed by atoms with Gasteiger partial charge in [-0.25, -0.2) is 13.1 Å². The molecule has 1 aromatic carbocycles. The van der Waals surface area contributed by atoms with Gasteiger partial charge in [-0.1, -0.05) is 30.3 Å². The lowest BCUT2D eigenvalue weighted by Crippen LogP contribution is -2.32. The molecule has 0 spiro atoms. The highest BCUT2D eigenvalue weighted by atomic mass is 35.5. The fourth-order valence-corrected chi connectivity index (χ4v) is 2.40. The fourth-order valence-electron chi connectivity index (χ4n) is 1.74. The maximum Gasteiger partial charge on any atom is 0.221 e. The Labute approximate surface area is 138 Å². The maximum atomic E-state index is 11.7. The lowest BCUT2D eigenvalue weighted by molar-refractivity contribution is -0.121. The summed E-state index contributed by atoms with van der Waals surface area (Å²) in [6.07, 6.45) is 0.760. The second-order valence-corrected chi connectivity index (χ2v) is 6.82. The average Bonchev–Trinajstić information content (AvgIpc) is 2.47. The number of nitrogens with two attached hydrogens (primary N) is 1. The number of halogens is 1. The minimum absolute atomic E-state index is 0. The molecule has 0 aliphatic rings. The van der Waals surface area contributed by atoms with E-state index in [1.807, 2.05) is 30.3 Å². The van der Waals surface area contributed by atoms with E-state index in [-0.39, 0.29) is 36.5 Å². The molecule has 0 fully saturated rings. The van der Waals surface area contributed by atoms with E-state index in [1.54, 1.807) is 6.92 Å². The number of rotatable bonds is 9. The highest BCUT2D eigenvalue weighted by molar-refractivity contribution is 7.89. The van der Waals surface area contributed by atoms with E-state index in [0.29, 0.717) is 19.5 Å². The molecular formula is C14H24ClN3O3S. The third kappa shape index (κ3) is 8.33. The molecule has 0 bridgehead atoms. The van der Waals surface area contributed by atoms with Gasteiger partial charge in [0, 0.05) is 25.6 Å². The van der Waals surface area contributed by atoms with Crippen LogP contribution in [0.25, 0.3) is 0 Å². The smallest absolute Gasteiger partial charge is 0.221 e. The molecule has 0 aliphatic carbocycles. The van der Waals surface area contributed by atoms with E-state index in [4.69, 9.17) is 5.73 Å². The third-order valence-electron chi connectivity index (χ3n) is 3.01. The van der Waals surface area contributed by atoms with Crippen LogP contribution in [0.1, 0.15) is 31.4 Å². The Bertz CT molecular complexity index is 538. The molecule has 0 heterocycles. The number of amides is 1. The normalized spacial score (nSPS) is 12.3. The van der Waals surface area contributed by atoms with Crippen LogP contribution in [0.3, 0.4) is 0 Å². The van der Waals surface area contributed by atoms with Gasteiger partial charge in [0.2, 0.25) is 15.9 Å². The number of sulfonamides is 1. The molecule has 0 saturated carbocycles. The fraction of sp³-hybridized carbons (Fsp3) is 0.500. The zero-order chi connectivity index (χ0) is 15.7. The van der Waals surface area contributed by atoms with Crippen molar-refractivity contribution < 1.29 is 13.2 Å². The first kappa shape index (κ1) is 20.9. The van der Waals surface area contributed by atoms with Gasteiger partial charge < -0.3 is 11.1 Å². The summed E-state index contributed by atoms with van der Waals surface area (Å²) in [4.78, 5) is 11.7. The van der Waals surface area contributed by atoms with E-state index in [0.717, 1.165) is 5.56 Å². The van der Waals surface area contributed by atoms with Crippen molar-refractivity contribution >= 4 is 28.3 Å². The molecule has 22 heavy (non-hydrogen) atoms. The van der Waals surface area contributed by atoms with Gasteiger partial charge in [0.1, 0.15) is 0 Å². The standard InChI is InChI=1S/C14H23N3O3S.ClH/c1-2-21(19,20)17-10-6-9-16-14(18)11-13(15)12-7-4-3-5-8-12;/h3-5,7-8,13,17H,2,6,9-11,15H2,1H3,(H,16,18);1H. The Morgan fingerprint density at radius 2 is 1.86 bits per heavy atom. The van der Waals surface area contributed by atoms with Crippen LogP contribution in [-0.2, 0) is 14.8 Å². The highest BCUT2D eigenvalue weighted by Gasteiger charge is 2.11. The minimum Gasteiger partial charge on any atom is -0.356 e. The lowest BCUT2D eigenvalue weighted by atomic mass is 10.0. The molecule has 0 radical (unpaired) electrons. The van der Waals surface area contributed by atoms with E-state index in [1.165, 1.54) is 0 Å². The quantitative estimate of drug-likeness (QED) is 0.577. The van der Waals surface area contributed by atoms with Crippen molar-refractivity contribution in [1.29, 1.82) is 0 Å². The largest absolute Gasteiger partial charge is 0.356 e. The molecule has 8 heteroatoms. The first-order chi connectivity index (χ1) is 9.94. The summed E-state index contributed by atoms with van der Waals surface area (Å²) in [5.74, 6) is -0.0737. The summed E-state index contributed by atoms with van der Waals surface area (Å²) in [5, 5.41) is 2.73. The monoisotopic (exact) mass is 349 g/mol. The van der Waals surface area contributed by atoms with Crippen LogP contribution in [0.15, 0.2) is 30.3 Å².